The topological polar surface area (TPSA) is 210 Å². The van der Waals surface area contributed by atoms with E-state index < -0.39 is 75.7 Å². The molecule has 0 amide bonds. The molecule has 1 saturated carbocycles. The first kappa shape index (κ1) is 52.3. The van der Waals surface area contributed by atoms with Gasteiger partial charge in [0, 0.05) is 12.8 Å². The molecule has 0 aromatic heterocycles. The predicted octanol–water partition coefficient (Wildman–Crippen LogP) is 7.16. The highest BCUT2D eigenvalue weighted by Gasteiger charge is 2.51. The summed E-state index contributed by atoms with van der Waals surface area (Å²) in [6.07, 6.45) is 26.8. The Bertz CT molecular complexity index is 1280. The first-order valence-corrected chi connectivity index (χ1v) is 22.3. The highest BCUT2D eigenvalue weighted by Crippen LogP contribution is 2.47. The Morgan fingerprint density at radius 1 is 0.561 bits per heavy atom. The first-order valence-electron chi connectivity index (χ1n) is 20.8. The van der Waals surface area contributed by atoms with Crippen molar-refractivity contribution in [3.05, 3.63) is 72.9 Å². The zero-order valence-electron chi connectivity index (χ0n) is 34.1. The fourth-order valence-electron chi connectivity index (χ4n) is 5.76. The lowest BCUT2D eigenvalue weighted by Crippen LogP contribution is -2.64. The lowest BCUT2D eigenvalue weighted by Gasteiger charge is -2.41. The van der Waals surface area contributed by atoms with Gasteiger partial charge in [-0.05, 0) is 57.8 Å². The molecule has 57 heavy (non-hydrogen) atoms. The van der Waals surface area contributed by atoms with Crippen LogP contribution < -0.4 is 0 Å². The van der Waals surface area contributed by atoms with E-state index in [0.29, 0.717) is 12.8 Å². The van der Waals surface area contributed by atoms with Gasteiger partial charge in [-0.3, -0.25) is 18.6 Å². The number of esters is 2. The van der Waals surface area contributed by atoms with Crippen molar-refractivity contribution in [2.45, 2.75) is 172 Å². The summed E-state index contributed by atoms with van der Waals surface area (Å²) in [5.74, 6) is -1.17. The van der Waals surface area contributed by atoms with Crippen molar-refractivity contribution in [3.8, 4) is 0 Å². The zero-order valence-corrected chi connectivity index (χ0v) is 35.0. The van der Waals surface area contributed by atoms with Gasteiger partial charge in [0.2, 0.25) is 0 Å². The molecule has 1 fully saturated rings. The number of phosphoric acid groups is 1. The van der Waals surface area contributed by atoms with Crippen LogP contribution in [0.2, 0.25) is 0 Å². The van der Waals surface area contributed by atoms with Gasteiger partial charge in [0.05, 0.1) is 6.61 Å². The molecule has 0 radical (unpaired) electrons. The van der Waals surface area contributed by atoms with Gasteiger partial charge in [-0.2, -0.15) is 0 Å². The van der Waals surface area contributed by atoms with E-state index in [1.807, 2.05) is 42.5 Å². The Kier molecular flexibility index (Phi) is 30.4. The first-order chi connectivity index (χ1) is 27.4. The van der Waals surface area contributed by atoms with Gasteiger partial charge in [0.25, 0.3) is 0 Å². The van der Waals surface area contributed by atoms with Crippen molar-refractivity contribution in [1.29, 1.82) is 0 Å². The van der Waals surface area contributed by atoms with Gasteiger partial charge >= 0.3 is 19.8 Å². The molecule has 0 aromatic carbocycles. The molecule has 7 unspecified atom stereocenters. The van der Waals surface area contributed by atoms with E-state index in [0.717, 1.165) is 70.6 Å². The fraction of sp³-hybridized carbons (Fsp3) is 0.674. The number of rotatable bonds is 32. The Morgan fingerprint density at radius 2 is 1.00 bits per heavy atom. The summed E-state index contributed by atoms with van der Waals surface area (Å²) in [5, 5.41) is 50.0. The van der Waals surface area contributed by atoms with Crippen LogP contribution in [0.5, 0.6) is 0 Å². The van der Waals surface area contributed by atoms with Crippen molar-refractivity contribution in [2.75, 3.05) is 13.2 Å². The SMILES string of the molecule is CC/C=C/C=C/C=C/C=C/CCCCCC(=O)OC(COC(=O)CCCCCCCC/C=C/C=C/CCCCC)COP(=O)(O)OC1C(O)C(O)C(O)[C@H](O)C1O. The van der Waals surface area contributed by atoms with Gasteiger partial charge in [-0.25, -0.2) is 4.57 Å². The maximum Gasteiger partial charge on any atom is 0.472 e. The number of hydrogen-bond donors (Lipinski definition) is 6. The third kappa shape index (κ3) is 26.1. The second-order valence-electron chi connectivity index (χ2n) is 14.2. The summed E-state index contributed by atoms with van der Waals surface area (Å²) in [5.41, 5.74) is 0. The van der Waals surface area contributed by atoms with Crippen LogP contribution in [-0.2, 0) is 32.7 Å². The van der Waals surface area contributed by atoms with Crippen LogP contribution in [0.4, 0.5) is 0 Å². The highest BCUT2D eigenvalue weighted by atomic mass is 31.2. The molecule has 0 heterocycles. The lowest BCUT2D eigenvalue weighted by atomic mass is 9.85. The van der Waals surface area contributed by atoms with Crippen molar-refractivity contribution in [3.63, 3.8) is 0 Å². The Balaban J connectivity index is 2.55. The van der Waals surface area contributed by atoms with Crippen molar-refractivity contribution >= 4 is 19.8 Å². The minimum Gasteiger partial charge on any atom is -0.462 e. The summed E-state index contributed by atoms with van der Waals surface area (Å²) in [6, 6.07) is 0. The second-order valence-corrected chi connectivity index (χ2v) is 15.6. The lowest BCUT2D eigenvalue weighted by molar-refractivity contribution is -0.220. The van der Waals surface area contributed by atoms with Crippen LogP contribution in [0, 0.1) is 0 Å². The molecule has 13 nitrogen and oxygen atoms in total. The number of hydrogen-bond acceptors (Lipinski definition) is 12. The molecule has 326 valence electrons. The third-order valence-corrected chi connectivity index (χ3v) is 10.1. The van der Waals surface area contributed by atoms with Gasteiger partial charge in [-0.15, -0.1) is 0 Å². The summed E-state index contributed by atoms with van der Waals surface area (Å²) < 4.78 is 33.3. The van der Waals surface area contributed by atoms with E-state index in [1.54, 1.807) is 0 Å². The van der Waals surface area contributed by atoms with Crippen LogP contribution in [0.25, 0.3) is 0 Å². The van der Waals surface area contributed by atoms with E-state index in [2.05, 4.69) is 44.2 Å². The normalized spacial score (nSPS) is 23.4. The molecule has 1 aliphatic carbocycles. The highest BCUT2D eigenvalue weighted by molar-refractivity contribution is 7.47. The number of phosphoric ester groups is 1. The number of aliphatic hydroxyl groups excluding tert-OH is 5. The summed E-state index contributed by atoms with van der Waals surface area (Å²) in [6.45, 7) is 3.05. The molecule has 0 aliphatic heterocycles. The summed E-state index contributed by atoms with van der Waals surface area (Å²) >= 11 is 0. The quantitative estimate of drug-likeness (QED) is 0.0172. The monoisotopic (exact) mass is 826 g/mol. The molecule has 8 atom stereocenters. The van der Waals surface area contributed by atoms with Gasteiger partial charge in [0.15, 0.2) is 6.10 Å². The molecule has 1 rings (SSSR count). The predicted molar refractivity (Wildman–Crippen MR) is 221 cm³/mol. The van der Waals surface area contributed by atoms with Gasteiger partial charge in [-0.1, -0.05) is 132 Å². The molecule has 6 N–H and O–H groups in total. The van der Waals surface area contributed by atoms with Gasteiger partial charge in [0.1, 0.15) is 43.2 Å². The van der Waals surface area contributed by atoms with Crippen molar-refractivity contribution in [1.82, 2.24) is 0 Å². The van der Waals surface area contributed by atoms with Crippen LogP contribution in [-0.4, -0.2) is 98.3 Å². The van der Waals surface area contributed by atoms with Crippen LogP contribution >= 0.6 is 7.82 Å². The third-order valence-electron chi connectivity index (χ3n) is 9.15. The van der Waals surface area contributed by atoms with E-state index in [9.17, 15) is 44.6 Å². The summed E-state index contributed by atoms with van der Waals surface area (Å²) in [4.78, 5) is 35.5. The maximum atomic E-state index is 12.8. The number of carbonyl (C=O) groups is 2. The largest absolute Gasteiger partial charge is 0.472 e. The molecule has 0 saturated heterocycles. The second kappa shape index (κ2) is 33.2. The summed E-state index contributed by atoms with van der Waals surface area (Å²) in [7, 11) is -5.13. The van der Waals surface area contributed by atoms with Gasteiger partial charge < -0.3 is 39.9 Å². The molecule has 0 aromatic rings. The van der Waals surface area contributed by atoms with Crippen molar-refractivity contribution < 1.29 is 63.1 Å². The van der Waals surface area contributed by atoms with Crippen LogP contribution in [0.3, 0.4) is 0 Å². The van der Waals surface area contributed by atoms with Crippen LogP contribution in [0.1, 0.15) is 129 Å². The van der Waals surface area contributed by atoms with E-state index in [1.165, 1.54) is 19.3 Å². The molecule has 0 spiro atoms. The Hall–Kier alpha value is -2.71. The number of allylic oxidation sites excluding steroid dienone is 12. The van der Waals surface area contributed by atoms with Crippen LogP contribution in [0.15, 0.2) is 72.9 Å². The standard InChI is InChI=1S/C43H71O13P/c1-3-5-7-9-11-13-15-17-18-20-21-23-25-27-29-31-36(44)53-33-35(34-54-57(51,52)56-43-41(49)39(47)38(46)40(48)42(43)50)55-37(45)32-30-28-26-24-22-19-16-14-12-10-8-6-4-2/h6,8,10-17,19,22,35,38-43,46-50H,3-5,7,9,18,20-21,23-34H2,1-2H3,(H,51,52)/b8-6+,12-10+,13-11+,16-14+,17-15+,22-19+/t35?,38?,39-,40?,41?,42?,43?/m0/s1. The number of carbonyl (C=O) groups excluding carboxylic acids is 2. The van der Waals surface area contributed by atoms with Crippen molar-refractivity contribution in [2.24, 2.45) is 0 Å². The molecular weight excluding hydrogens is 755 g/mol. The number of unbranched alkanes of at least 4 members (excludes halogenated alkanes) is 12. The number of ether oxygens (including phenoxy) is 2. The smallest absolute Gasteiger partial charge is 0.462 e. The average Bonchev–Trinajstić information content (AvgIpc) is 3.19. The molecule has 0 bridgehead atoms. The van der Waals surface area contributed by atoms with E-state index >= 15 is 0 Å². The van der Waals surface area contributed by atoms with E-state index in [4.69, 9.17) is 18.5 Å². The molecule has 1 aliphatic rings. The fourth-order valence-corrected chi connectivity index (χ4v) is 6.73. The molecule has 14 heteroatoms. The maximum absolute atomic E-state index is 12.8. The average molecular weight is 827 g/mol. The van der Waals surface area contributed by atoms with E-state index in [-0.39, 0.29) is 12.8 Å². The minimum absolute atomic E-state index is 0.0441. The Labute approximate surface area is 340 Å². The molecular formula is C43H71O13P. The zero-order chi connectivity index (χ0) is 42.2. The Morgan fingerprint density at radius 3 is 1.56 bits per heavy atom. The number of aliphatic hydroxyl groups is 5. The minimum atomic E-state index is -5.13.